The predicted octanol–water partition coefficient (Wildman–Crippen LogP) is 4.62. The quantitative estimate of drug-likeness (QED) is 0.664. The number of ketones is 1. The van der Waals surface area contributed by atoms with Crippen LogP contribution in [0, 0.1) is 12.8 Å². The predicted molar refractivity (Wildman–Crippen MR) is 115 cm³/mol. The molecule has 0 saturated heterocycles. The van der Waals surface area contributed by atoms with Gasteiger partial charge >= 0.3 is 6.01 Å². The van der Waals surface area contributed by atoms with Crippen LogP contribution in [0.2, 0.25) is 0 Å². The van der Waals surface area contributed by atoms with Gasteiger partial charge in [-0.05, 0) is 36.6 Å². The number of aliphatic imine (C=N–C) groups is 1. The van der Waals surface area contributed by atoms with Crippen molar-refractivity contribution in [3.63, 3.8) is 0 Å². The number of carbonyl (C=O) groups excluding carboxylic acids is 1. The van der Waals surface area contributed by atoms with E-state index in [1.54, 1.807) is 0 Å². The van der Waals surface area contributed by atoms with Crippen LogP contribution < -0.4 is 10.6 Å². The summed E-state index contributed by atoms with van der Waals surface area (Å²) in [5.74, 6) is 0.597. The van der Waals surface area contributed by atoms with Crippen molar-refractivity contribution >= 4 is 28.9 Å². The first-order valence-corrected chi connectivity index (χ1v) is 10.2. The molecule has 29 heavy (non-hydrogen) atoms. The molecule has 0 bridgehead atoms. The number of hydrogen-bond donors (Lipinski definition) is 2. The molecule has 3 aromatic rings. The van der Waals surface area contributed by atoms with Gasteiger partial charge in [0.1, 0.15) is 11.3 Å². The second-order valence-corrected chi connectivity index (χ2v) is 7.40. The third-order valence-electron chi connectivity index (χ3n) is 5.55. The number of oxazole rings is 1. The Balaban J connectivity index is 1.73. The molecule has 150 valence electrons. The number of rotatable bonds is 5. The summed E-state index contributed by atoms with van der Waals surface area (Å²) >= 11 is 0. The van der Waals surface area contributed by atoms with Gasteiger partial charge in [-0.15, -0.1) is 0 Å². The van der Waals surface area contributed by atoms with E-state index in [-0.39, 0.29) is 23.8 Å². The van der Waals surface area contributed by atoms with Crippen molar-refractivity contribution in [2.24, 2.45) is 10.9 Å². The minimum Gasteiger partial charge on any atom is -0.423 e. The Kier molecular flexibility index (Phi) is 5.34. The molecule has 3 atom stereocenters. The highest BCUT2D eigenvalue weighted by atomic mass is 16.4. The number of para-hydroxylation sites is 2. The average molecular weight is 390 g/mol. The first-order valence-electron chi connectivity index (χ1n) is 10.2. The second kappa shape index (κ2) is 8.07. The van der Waals surface area contributed by atoms with E-state index in [0.717, 1.165) is 23.1 Å². The number of Topliss-reactive ketones (excluding diaryl/α,β-unsaturated/α-hetero) is 1. The molecule has 0 fully saturated rings. The number of carbonyl (C=O) groups is 1. The largest absolute Gasteiger partial charge is 0.423 e. The summed E-state index contributed by atoms with van der Waals surface area (Å²) in [6.07, 6.45) is 1.31. The fourth-order valence-corrected chi connectivity index (χ4v) is 4.01. The average Bonchev–Trinajstić information content (AvgIpc) is 3.15. The maximum Gasteiger partial charge on any atom is 0.302 e. The van der Waals surface area contributed by atoms with Gasteiger partial charge in [-0.2, -0.15) is 4.98 Å². The summed E-state index contributed by atoms with van der Waals surface area (Å²) < 4.78 is 5.79. The zero-order chi connectivity index (χ0) is 20.4. The number of aromatic nitrogens is 1. The van der Waals surface area contributed by atoms with Gasteiger partial charge in [0.05, 0.1) is 12.0 Å². The maximum atomic E-state index is 12.9. The third kappa shape index (κ3) is 3.75. The molecule has 0 saturated carbocycles. The molecule has 6 nitrogen and oxygen atoms in total. The molecule has 1 aliphatic rings. The van der Waals surface area contributed by atoms with E-state index in [1.165, 1.54) is 0 Å². The summed E-state index contributed by atoms with van der Waals surface area (Å²) in [7, 11) is 0. The van der Waals surface area contributed by atoms with Crippen molar-refractivity contribution in [1.29, 1.82) is 0 Å². The third-order valence-corrected chi connectivity index (χ3v) is 5.55. The highest BCUT2D eigenvalue weighted by Crippen LogP contribution is 2.36. The van der Waals surface area contributed by atoms with E-state index < -0.39 is 0 Å². The molecule has 0 radical (unpaired) electrons. The summed E-state index contributed by atoms with van der Waals surface area (Å²) in [6.45, 7) is 6.07. The number of anilines is 1. The van der Waals surface area contributed by atoms with Gasteiger partial charge in [-0.3, -0.25) is 10.1 Å². The van der Waals surface area contributed by atoms with Crippen LogP contribution >= 0.6 is 0 Å². The van der Waals surface area contributed by atoms with Crippen molar-refractivity contribution in [3.8, 4) is 0 Å². The maximum absolute atomic E-state index is 12.9. The normalized spacial score (nSPS) is 21.5. The number of nitrogens with one attached hydrogen (secondary N) is 2. The lowest BCUT2D eigenvalue weighted by molar-refractivity contribution is -0.124. The van der Waals surface area contributed by atoms with Crippen molar-refractivity contribution in [1.82, 2.24) is 10.3 Å². The van der Waals surface area contributed by atoms with Crippen LogP contribution in [0.3, 0.4) is 0 Å². The Hall–Kier alpha value is -3.15. The Labute approximate surface area is 170 Å². The molecule has 2 N–H and O–H groups in total. The molecule has 3 unspecified atom stereocenters. The van der Waals surface area contributed by atoms with Crippen molar-refractivity contribution < 1.29 is 9.21 Å². The SMILES string of the molecule is CCC(=O)C1C(CC)NC(Nc2nc3ccccc3o2)=NC1c1ccccc1C. The minimum atomic E-state index is -0.248. The van der Waals surface area contributed by atoms with Crippen LogP contribution in [-0.2, 0) is 4.79 Å². The van der Waals surface area contributed by atoms with Crippen molar-refractivity contribution in [2.45, 2.75) is 45.7 Å². The van der Waals surface area contributed by atoms with Crippen LogP contribution in [0.5, 0.6) is 0 Å². The van der Waals surface area contributed by atoms with Crippen molar-refractivity contribution in [3.05, 3.63) is 59.7 Å². The van der Waals surface area contributed by atoms with Gasteiger partial charge < -0.3 is 9.73 Å². The zero-order valence-corrected chi connectivity index (χ0v) is 17.0. The highest BCUT2D eigenvalue weighted by Gasteiger charge is 2.39. The summed E-state index contributed by atoms with van der Waals surface area (Å²) in [4.78, 5) is 22.2. The Bertz CT molecular complexity index is 1020. The van der Waals surface area contributed by atoms with Crippen LogP contribution in [-0.4, -0.2) is 22.8 Å². The molecule has 6 heteroatoms. The van der Waals surface area contributed by atoms with Gasteiger partial charge in [0.15, 0.2) is 11.5 Å². The highest BCUT2D eigenvalue weighted by molar-refractivity contribution is 5.95. The molecule has 0 amide bonds. The fourth-order valence-electron chi connectivity index (χ4n) is 4.01. The first kappa shape index (κ1) is 19.2. The monoisotopic (exact) mass is 390 g/mol. The lowest BCUT2D eigenvalue weighted by atomic mass is 9.80. The number of guanidine groups is 1. The smallest absolute Gasteiger partial charge is 0.302 e. The van der Waals surface area contributed by atoms with Gasteiger partial charge in [-0.1, -0.05) is 50.2 Å². The minimum absolute atomic E-state index is 0.0172. The molecular formula is C23H26N4O2. The number of nitrogens with zero attached hydrogens (tertiary/aromatic N) is 2. The lowest BCUT2D eigenvalue weighted by Gasteiger charge is -2.37. The van der Waals surface area contributed by atoms with Crippen LogP contribution in [0.15, 0.2) is 57.9 Å². The van der Waals surface area contributed by atoms with Gasteiger partial charge in [0, 0.05) is 12.5 Å². The molecular weight excluding hydrogens is 364 g/mol. The zero-order valence-electron chi connectivity index (χ0n) is 17.0. The van der Waals surface area contributed by atoms with E-state index >= 15 is 0 Å². The Morgan fingerprint density at radius 3 is 2.62 bits per heavy atom. The number of hydrogen-bond acceptors (Lipinski definition) is 6. The number of fused-ring (bicyclic) bond motifs is 1. The summed E-state index contributed by atoms with van der Waals surface area (Å²) in [5, 5.41) is 6.58. The van der Waals surface area contributed by atoms with E-state index in [0.29, 0.717) is 24.0 Å². The lowest BCUT2D eigenvalue weighted by Crippen LogP contribution is -2.51. The second-order valence-electron chi connectivity index (χ2n) is 7.40. The molecule has 1 aromatic heterocycles. The molecule has 2 heterocycles. The Morgan fingerprint density at radius 2 is 1.90 bits per heavy atom. The van der Waals surface area contributed by atoms with Gasteiger partial charge in [0.25, 0.3) is 0 Å². The molecule has 0 aliphatic carbocycles. The summed E-state index contributed by atoms with van der Waals surface area (Å²) in [5.41, 5.74) is 3.71. The standard InChI is InChI=1S/C23H26N4O2/c1-4-16-20(18(28)5-2)21(15-11-7-6-10-14(15)3)26-22(24-16)27-23-25-17-12-8-9-13-19(17)29-23/h6-13,16,20-21H,4-5H2,1-3H3,(H2,24,25,26,27). The van der Waals surface area contributed by atoms with Crippen molar-refractivity contribution in [2.75, 3.05) is 5.32 Å². The number of benzene rings is 2. The first-order chi connectivity index (χ1) is 14.1. The van der Waals surface area contributed by atoms with Gasteiger partial charge in [0.2, 0.25) is 0 Å². The summed E-state index contributed by atoms with van der Waals surface area (Å²) in [6, 6.07) is 15.9. The van der Waals surface area contributed by atoms with Crippen LogP contribution in [0.1, 0.15) is 43.9 Å². The Morgan fingerprint density at radius 1 is 1.14 bits per heavy atom. The van der Waals surface area contributed by atoms with E-state index in [9.17, 15) is 4.79 Å². The van der Waals surface area contributed by atoms with Crippen LogP contribution in [0.4, 0.5) is 6.01 Å². The van der Waals surface area contributed by atoms with E-state index in [4.69, 9.17) is 9.41 Å². The number of aryl methyl sites for hydroxylation is 1. The van der Waals surface area contributed by atoms with E-state index in [2.05, 4.69) is 41.6 Å². The topological polar surface area (TPSA) is 79.5 Å². The molecule has 2 aromatic carbocycles. The fraction of sp³-hybridized carbons (Fsp3) is 0.348. The van der Waals surface area contributed by atoms with Crippen LogP contribution in [0.25, 0.3) is 11.1 Å². The molecule has 0 spiro atoms. The van der Waals surface area contributed by atoms with E-state index in [1.807, 2.05) is 43.3 Å². The van der Waals surface area contributed by atoms with Gasteiger partial charge in [-0.25, -0.2) is 4.99 Å². The molecule has 1 aliphatic heterocycles. The molecule has 4 rings (SSSR count).